The van der Waals surface area contributed by atoms with Gasteiger partial charge in [0.05, 0.1) is 15.3 Å². The van der Waals surface area contributed by atoms with Crippen LogP contribution in [0.4, 0.5) is 0 Å². The Balaban J connectivity index is 2.46. The van der Waals surface area contributed by atoms with Crippen molar-refractivity contribution in [3.8, 4) is 0 Å². The lowest BCUT2D eigenvalue weighted by atomic mass is 10.7. The fourth-order valence-electron chi connectivity index (χ4n) is 2.33. The van der Waals surface area contributed by atoms with Gasteiger partial charge in [-0.1, -0.05) is 6.55 Å². The summed E-state index contributed by atoms with van der Waals surface area (Å²) in [6.07, 6.45) is 4.10. The largest absolute Gasteiger partial charge is 0.361 e. The lowest BCUT2D eigenvalue weighted by Gasteiger charge is -2.17. The van der Waals surface area contributed by atoms with Crippen LogP contribution in [-0.2, 0) is 7.05 Å². The monoisotopic (exact) mass is 264 g/mol. The van der Waals surface area contributed by atoms with E-state index in [1.807, 2.05) is 6.20 Å². The Hall–Kier alpha value is -1.15. The summed E-state index contributed by atoms with van der Waals surface area (Å²) >= 11 is 0. The summed E-state index contributed by atoms with van der Waals surface area (Å²) in [5.41, 5.74) is 0. The molecule has 4 nitrogen and oxygen atoms in total. The first-order chi connectivity index (χ1) is 8.06. The predicted octanol–water partition coefficient (Wildman–Crippen LogP) is -0.815. The number of hydrogen-bond donors (Lipinski definition) is 0. The zero-order valence-electron chi connectivity index (χ0n) is 11.2. The number of rotatable bonds is 3. The maximum atomic E-state index is 4.47. The highest BCUT2D eigenvalue weighted by Crippen LogP contribution is 1.99. The van der Waals surface area contributed by atoms with Gasteiger partial charge in [0.2, 0.25) is 0 Å². The van der Waals surface area contributed by atoms with Crippen LogP contribution in [-0.4, -0.2) is 37.2 Å². The first kappa shape index (κ1) is 12.3. The second-order valence-electron chi connectivity index (χ2n) is 4.49. The van der Waals surface area contributed by atoms with Crippen LogP contribution >= 0.6 is 0 Å². The summed E-state index contributed by atoms with van der Waals surface area (Å²) in [7, 11) is 0.748. The third-order valence-electron chi connectivity index (χ3n) is 3.49. The first-order valence-corrected chi connectivity index (χ1v) is 10.4. The molecule has 0 saturated carbocycles. The number of nitrogens with zero attached hydrogens (tertiary/aromatic N) is 4. The minimum absolute atomic E-state index is 0.164. The van der Waals surface area contributed by atoms with Crippen molar-refractivity contribution in [3.05, 3.63) is 24.0 Å². The van der Waals surface area contributed by atoms with E-state index < -0.39 is 8.96 Å². The smallest absolute Gasteiger partial charge is 0.195 e. The van der Waals surface area contributed by atoms with Gasteiger partial charge in [0.1, 0.15) is 5.82 Å². The number of hydrogen-bond acceptors (Lipinski definition) is 2. The van der Waals surface area contributed by atoms with E-state index in [1.165, 1.54) is 10.6 Å². The molecule has 92 valence electrons. The molecule has 2 heterocycles. The van der Waals surface area contributed by atoms with Crippen molar-refractivity contribution < 1.29 is 0 Å². The van der Waals surface area contributed by atoms with Gasteiger partial charge in [-0.25, -0.2) is 9.97 Å². The van der Waals surface area contributed by atoms with Gasteiger partial charge in [-0.05, 0) is 20.4 Å². The van der Waals surface area contributed by atoms with Gasteiger partial charge in [-0.15, -0.1) is 0 Å². The van der Waals surface area contributed by atoms with E-state index >= 15 is 0 Å². The molecule has 0 radical (unpaired) electrons. The molecule has 0 N–H and O–H groups in total. The maximum Gasteiger partial charge on any atom is 0.195 e. The third kappa shape index (κ3) is 2.02. The Morgan fingerprint density at radius 1 is 1.18 bits per heavy atom. The van der Waals surface area contributed by atoms with Crippen LogP contribution in [0.3, 0.4) is 0 Å². The van der Waals surface area contributed by atoms with E-state index in [1.54, 1.807) is 0 Å². The van der Waals surface area contributed by atoms with Gasteiger partial charge in [-0.3, -0.25) is 0 Å². The van der Waals surface area contributed by atoms with Gasteiger partial charge in [0.15, 0.2) is 8.96 Å². The normalized spacial score (nSPS) is 13.7. The SMILES string of the molecule is C[SiH2]c1cnc(C)n1[SiH](C)c1cnc(C)n1C. The molecule has 2 aromatic rings. The summed E-state index contributed by atoms with van der Waals surface area (Å²) in [5.74, 6) is 2.25. The molecule has 0 fully saturated rings. The molecule has 2 rings (SSSR count). The molecule has 0 aliphatic rings. The van der Waals surface area contributed by atoms with E-state index in [0.29, 0.717) is 0 Å². The first-order valence-electron chi connectivity index (χ1n) is 6.07. The van der Waals surface area contributed by atoms with Crippen molar-refractivity contribution in [2.75, 3.05) is 0 Å². The summed E-state index contributed by atoms with van der Waals surface area (Å²) in [5, 5.41) is 2.85. The predicted molar refractivity (Wildman–Crippen MR) is 77.0 cm³/mol. The highest BCUT2D eigenvalue weighted by Gasteiger charge is 2.19. The average molecular weight is 264 g/mol. The second-order valence-corrected chi connectivity index (χ2v) is 8.38. The fourth-order valence-corrected chi connectivity index (χ4v) is 7.04. The van der Waals surface area contributed by atoms with Gasteiger partial charge in [-0.2, -0.15) is 0 Å². The molecule has 1 unspecified atom stereocenters. The zero-order chi connectivity index (χ0) is 12.6. The minimum Gasteiger partial charge on any atom is -0.361 e. The highest BCUT2D eigenvalue weighted by molar-refractivity contribution is 6.72. The van der Waals surface area contributed by atoms with E-state index in [2.05, 4.69) is 59.0 Å². The summed E-state index contributed by atoms with van der Waals surface area (Å²) in [6.45, 7) is 8.85. The molecule has 0 spiro atoms. The molecule has 6 heteroatoms. The van der Waals surface area contributed by atoms with Crippen LogP contribution in [0.1, 0.15) is 11.6 Å². The zero-order valence-corrected chi connectivity index (χ0v) is 13.8. The minimum atomic E-state index is -1.20. The Bertz CT molecular complexity index is 530. The summed E-state index contributed by atoms with van der Waals surface area (Å²) in [4.78, 5) is 8.88. The standard InChI is InChI=1S/C11H20N4Si2/c1-8-13-7-11(14(8)3)17(5)15-9(2)12-6-10(15)16-4/h6-7,17H,16H2,1-5H3. The van der Waals surface area contributed by atoms with Gasteiger partial charge in [0, 0.05) is 30.1 Å². The van der Waals surface area contributed by atoms with E-state index in [4.69, 9.17) is 0 Å². The van der Waals surface area contributed by atoms with Crippen molar-refractivity contribution in [2.24, 2.45) is 7.05 Å². The molecular formula is C11H20N4Si2. The molecule has 2 aromatic heterocycles. The van der Waals surface area contributed by atoms with E-state index in [-0.39, 0.29) is 9.52 Å². The molecule has 0 aliphatic heterocycles. The van der Waals surface area contributed by atoms with Crippen LogP contribution in [0.25, 0.3) is 0 Å². The van der Waals surface area contributed by atoms with Crippen LogP contribution in [0, 0.1) is 13.8 Å². The highest BCUT2D eigenvalue weighted by atomic mass is 28.3. The molecule has 0 bridgehead atoms. The lowest BCUT2D eigenvalue weighted by Crippen LogP contribution is -2.45. The topological polar surface area (TPSA) is 35.6 Å². The van der Waals surface area contributed by atoms with Gasteiger partial charge < -0.3 is 8.80 Å². The average Bonchev–Trinajstić information content (AvgIpc) is 2.83. The van der Waals surface area contributed by atoms with Crippen molar-refractivity contribution in [1.82, 2.24) is 18.8 Å². The number of aryl methyl sites for hydroxylation is 2. The lowest BCUT2D eigenvalue weighted by molar-refractivity contribution is 0.873. The summed E-state index contributed by atoms with van der Waals surface area (Å²) in [6, 6.07) is 0. The molecule has 0 aromatic carbocycles. The van der Waals surface area contributed by atoms with E-state index in [0.717, 1.165) is 11.6 Å². The summed E-state index contributed by atoms with van der Waals surface area (Å²) < 4.78 is 4.71. The Morgan fingerprint density at radius 3 is 2.35 bits per heavy atom. The molecule has 0 aliphatic carbocycles. The third-order valence-corrected chi connectivity index (χ3v) is 7.98. The Kier molecular flexibility index (Phi) is 3.34. The molecule has 0 saturated heterocycles. The molecule has 0 amide bonds. The van der Waals surface area contributed by atoms with Crippen LogP contribution in [0.2, 0.25) is 13.1 Å². The molecular weight excluding hydrogens is 244 g/mol. The van der Waals surface area contributed by atoms with Crippen molar-refractivity contribution in [2.45, 2.75) is 26.9 Å². The fraction of sp³-hybridized carbons (Fsp3) is 0.455. The number of imidazole rings is 2. The van der Waals surface area contributed by atoms with Crippen molar-refractivity contribution in [3.63, 3.8) is 0 Å². The molecule has 1 atom stereocenters. The Labute approximate surface area is 106 Å². The van der Waals surface area contributed by atoms with Crippen LogP contribution in [0.15, 0.2) is 12.4 Å². The quantitative estimate of drug-likeness (QED) is 0.680. The number of aromatic nitrogens is 4. The van der Waals surface area contributed by atoms with Gasteiger partial charge >= 0.3 is 0 Å². The van der Waals surface area contributed by atoms with Crippen molar-refractivity contribution >= 4 is 29.1 Å². The van der Waals surface area contributed by atoms with E-state index in [9.17, 15) is 0 Å². The van der Waals surface area contributed by atoms with Crippen LogP contribution in [0.5, 0.6) is 0 Å². The van der Waals surface area contributed by atoms with Crippen LogP contribution < -0.4 is 10.6 Å². The molecule has 17 heavy (non-hydrogen) atoms. The van der Waals surface area contributed by atoms with Gasteiger partial charge in [0.25, 0.3) is 0 Å². The van der Waals surface area contributed by atoms with Crippen molar-refractivity contribution in [1.29, 1.82) is 0 Å². The maximum absolute atomic E-state index is 4.47. The second kappa shape index (κ2) is 4.62. The Morgan fingerprint density at radius 2 is 1.82 bits per heavy atom.